The lowest BCUT2D eigenvalue weighted by molar-refractivity contribution is 0.279. The van der Waals surface area contributed by atoms with Gasteiger partial charge in [-0.15, -0.1) is 0 Å². The Bertz CT molecular complexity index is 384. The van der Waals surface area contributed by atoms with E-state index in [0.29, 0.717) is 12.4 Å². The quantitative estimate of drug-likeness (QED) is 0.847. The standard InChI is InChI=1S/C14H21NO2/c1-2-17-12-8-6-7-11(13(12)16)14(15)9-4-3-5-10-14/h6-8,16H,2-5,9-10,15H2,1H3. The molecule has 0 saturated heterocycles. The maximum atomic E-state index is 10.2. The first-order valence-corrected chi connectivity index (χ1v) is 6.41. The predicted molar refractivity (Wildman–Crippen MR) is 68.2 cm³/mol. The molecule has 3 N–H and O–H groups in total. The third-order valence-electron chi connectivity index (χ3n) is 3.58. The van der Waals surface area contributed by atoms with E-state index in [-0.39, 0.29) is 11.3 Å². The average molecular weight is 235 g/mol. The number of benzene rings is 1. The summed E-state index contributed by atoms with van der Waals surface area (Å²) in [6.07, 6.45) is 5.39. The van der Waals surface area contributed by atoms with Crippen LogP contribution in [0.25, 0.3) is 0 Å². The summed E-state index contributed by atoms with van der Waals surface area (Å²) in [5.74, 6) is 0.763. The fourth-order valence-corrected chi connectivity index (χ4v) is 2.65. The molecule has 17 heavy (non-hydrogen) atoms. The summed E-state index contributed by atoms with van der Waals surface area (Å²) in [5.41, 5.74) is 6.89. The molecule has 0 heterocycles. The fourth-order valence-electron chi connectivity index (χ4n) is 2.65. The molecule has 0 spiro atoms. The van der Waals surface area contributed by atoms with Gasteiger partial charge in [-0.25, -0.2) is 0 Å². The van der Waals surface area contributed by atoms with Gasteiger partial charge in [0.25, 0.3) is 0 Å². The molecule has 1 aliphatic carbocycles. The third-order valence-corrected chi connectivity index (χ3v) is 3.58. The highest BCUT2D eigenvalue weighted by atomic mass is 16.5. The second-order valence-electron chi connectivity index (χ2n) is 4.80. The van der Waals surface area contributed by atoms with Crippen LogP contribution in [0.1, 0.15) is 44.6 Å². The third kappa shape index (κ3) is 2.39. The number of aromatic hydroxyl groups is 1. The van der Waals surface area contributed by atoms with Crippen molar-refractivity contribution in [2.45, 2.75) is 44.6 Å². The number of rotatable bonds is 3. The van der Waals surface area contributed by atoms with Crippen LogP contribution in [0.15, 0.2) is 18.2 Å². The second-order valence-corrected chi connectivity index (χ2v) is 4.80. The van der Waals surface area contributed by atoms with E-state index < -0.39 is 0 Å². The van der Waals surface area contributed by atoms with Gasteiger partial charge < -0.3 is 15.6 Å². The highest BCUT2D eigenvalue weighted by molar-refractivity contribution is 5.48. The highest BCUT2D eigenvalue weighted by Crippen LogP contribution is 2.42. The van der Waals surface area contributed by atoms with Crippen molar-refractivity contribution in [1.29, 1.82) is 0 Å². The Morgan fingerprint density at radius 2 is 2.00 bits per heavy atom. The Labute approximate surface area is 103 Å². The minimum Gasteiger partial charge on any atom is -0.504 e. The van der Waals surface area contributed by atoms with Crippen LogP contribution in [-0.4, -0.2) is 11.7 Å². The molecule has 94 valence electrons. The minimum absolute atomic E-state index is 0.221. The van der Waals surface area contributed by atoms with Crippen LogP contribution in [0.2, 0.25) is 0 Å². The van der Waals surface area contributed by atoms with Gasteiger partial charge in [-0.1, -0.05) is 31.4 Å². The molecule has 1 aromatic carbocycles. The molecule has 0 bridgehead atoms. The van der Waals surface area contributed by atoms with E-state index in [4.69, 9.17) is 10.5 Å². The first kappa shape index (κ1) is 12.2. The van der Waals surface area contributed by atoms with Crippen molar-refractivity contribution in [3.63, 3.8) is 0 Å². The highest BCUT2D eigenvalue weighted by Gasteiger charge is 2.32. The van der Waals surface area contributed by atoms with E-state index in [1.165, 1.54) is 6.42 Å². The van der Waals surface area contributed by atoms with Crippen LogP contribution >= 0.6 is 0 Å². The second kappa shape index (κ2) is 4.96. The minimum atomic E-state index is -0.380. The summed E-state index contributed by atoms with van der Waals surface area (Å²) < 4.78 is 5.41. The first-order valence-electron chi connectivity index (χ1n) is 6.41. The molecule has 1 aliphatic rings. The van der Waals surface area contributed by atoms with Gasteiger partial charge in [0.1, 0.15) is 0 Å². The molecule has 1 aromatic rings. The molecule has 0 aliphatic heterocycles. The van der Waals surface area contributed by atoms with Crippen molar-refractivity contribution >= 4 is 0 Å². The molecule has 3 nitrogen and oxygen atoms in total. The summed E-state index contributed by atoms with van der Waals surface area (Å²) in [7, 11) is 0. The number of ether oxygens (including phenoxy) is 1. The van der Waals surface area contributed by atoms with E-state index in [2.05, 4.69) is 0 Å². The van der Waals surface area contributed by atoms with Gasteiger partial charge in [0, 0.05) is 11.1 Å². The molecule has 1 fully saturated rings. The van der Waals surface area contributed by atoms with Crippen molar-refractivity contribution in [2.75, 3.05) is 6.61 Å². The smallest absolute Gasteiger partial charge is 0.162 e. The van der Waals surface area contributed by atoms with Gasteiger partial charge >= 0.3 is 0 Å². The Morgan fingerprint density at radius 3 is 2.65 bits per heavy atom. The van der Waals surface area contributed by atoms with Crippen LogP contribution < -0.4 is 10.5 Å². The summed E-state index contributed by atoms with van der Waals surface area (Å²) in [6.45, 7) is 2.46. The molecule has 0 amide bonds. The summed E-state index contributed by atoms with van der Waals surface area (Å²) in [6, 6.07) is 5.61. The van der Waals surface area contributed by atoms with Gasteiger partial charge in [0.2, 0.25) is 0 Å². The lowest BCUT2D eigenvalue weighted by Crippen LogP contribution is -2.38. The molecular weight excluding hydrogens is 214 g/mol. The molecule has 1 saturated carbocycles. The molecule has 0 radical (unpaired) electrons. The van der Waals surface area contributed by atoms with Gasteiger partial charge in [0.05, 0.1) is 6.61 Å². The molecular formula is C14H21NO2. The summed E-state index contributed by atoms with van der Waals surface area (Å²) in [4.78, 5) is 0. The van der Waals surface area contributed by atoms with Crippen LogP contribution in [0.4, 0.5) is 0 Å². The Kier molecular flexibility index (Phi) is 3.57. The largest absolute Gasteiger partial charge is 0.504 e. The zero-order valence-electron chi connectivity index (χ0n) is 10.4. The maximum absolute atomic E-state index is 10.2. The summed E-state index contributed by atoms with van der Waals surface area (Å²) >= 11 is 0. The first-order chi connectivity index (χ1) is 8.17. The van der Waals surface area contributed by atoms with Crippen molar-refractivity contribution < 1.29 is 9.84 Å². The molecule has 0 aromatic heterocycles. The van der Waals surface area contributed by atoms with Gasteiger partial charge in [-0.3, -0.25) is 0 Å². The van der Waals surface area contributed by atoms with Crippen LogP contribution in [-0.2, 0) is 5.54 Å². The topological polar surface area (TPSA) is 55.5 Å². The monoisotopic (exact) mass is 235 g/mol. The fraction of sp³-hybridized carbons (Fsp3) is 0.571. The van der Waals surface area contributed by atoms with Crippen molar-refractivity contribution in [1.82, 2.24) is 0 Å². The Hall–Kier alpha value is -1.22. The van der Waals surface area contributed by atoms with Crippen molar-refractivity contribution in [2.24, 2.45) is 5.73 Å². The predicted octanol–water partition coefficient (Wildman–Crippen LogP) is 2.91. The van der Waals surface area contributed by atoms with Crippen LogP contribution in [0, 0.1) is 0 Å². The average Bonchev–Trinajstić information content (AvgIpc) is 2.33. The molecule has 2 rings (SSSR count). The number of phenols is 1. The van der Waals surface area contributed by atoms with E-state index in [1.807, 2.05) is 19.1 Å². The molecule has 0 atom stereocenters. The van der Waals surface area contributed by atoms with Crippen molar-refractivity contribution in [3.8, 4) is 11.5 Å². The zero-order chi connectivity index (χ0) is 12.3. The Morgan fingerprint density at radius 1 is 1.29 bits per heavy atom. The zero-order valence-corrected chi connectivity index (χ0v) is 10.4. The number of hydrogen-bond donors (Lipinski definition) is 2. The van der Waals surface area contributed by atoms with Crippen LogP contribution in [0.3, 0.4) is 0 Å². The van der Waals surface area contributed by atoms with E-state index in [1.54, 1.807) is 6.07 Å². The van der Waals surface area contributed by atoms with E-state index in [9.17, 15) is 5.11 Å². The number of hydrogen-bond acceptors (Lipinski definition) is 3. The van der Waals surface area contributed by atoms with Gasteiger partial charge in [-0.2, -0.15) is 0 Å². The Balaban J connectivity index is 2.34. The summed E-state index contributed by atoms with van der Waals surface area (Å²) in [5, 5.41) is 10.2. The molecule has 0 unspecified atom stereocenters. The number of para-hydroxylation sites is 1. The number of phenolic OH excluding ortho intramolecular Hbond substituents is 1. The van der Waals surface area contributed by atoms with E-state index >= 15 is 0 Å². The van der Waals surface area contributed by atoms with E-state index in [0.717, 1.165) is 31.2 Å². The van der Waals surface area contributed by atoms with Gasteiger partial charge in [0.15, 0.2) is 11.5 Å². The normalized spacial score (nSPS) is 18.9. The van der Waals surface area contributed by atoms with Crippen LogP contribution in [0.5, 0.6) is 11.5 Å². The van der Waals surface area contributed by atoms with Crippen molar-refractivity contribution in [3.05, 3.63) is 23.8 Å². The lowest BCUT2D eigenvalue weighted by Gasteiger charge is -2.34. The molecule has 3 heteroatoms. The lowest BCUT2D eigenvalue weighted by atomic mass is 9.77. The SMILES string of the molecule is CCOc1cccc(C2(N)CCCCC2)c1O. The number of nitrogens with two attached hydrogens (primary N) is 1. The van der Waals surface area contributed by atoms with Gasteiger partial charge in [-0.05, 0) is 25.8 Å². The maximum Gasteiger partial charge on any atom is 0.162 e.